The molecule has 0 unspecified atom stereocenters. The predicted octanol–water partition coefficient (Wildman–Crippen LogP) is 2.98. The topological polar surface area (TPSA) is 187 Å². The molecule has 0 atom stereocenters. The van der Waals surface area contributed by atoms with Crippen LogP contribution < -0.4 is 22.3 Å². The highest BCUT2D eigenvalue weighted by molar-refractivity contribution is 5.92. The molecule has 5 N–H and O–H groups in total. The molecule has 0 saturated carbocycles. The molecule has 0 radical (unpaired) electrons. The highest BCUT2D eigenvalue weighted by atomic mass is 19.4. The Hall–Kier alpha value is -6.07. The zero-order valence-corrected chi connectivity index (χ0v) is 21.6. The normalized spacial score (nSPS) is 11.7. The molecule has 0 fully saturated rings. The van der Waals surface area contributed by atoms with Crippen molar-refractivity contribution in [2.75, 3.05) is 11.1 Å². The molecule has 18 heteroatoms. The molecule has 0 aliphatic heterocycles. The summed E-state index contributed by atoms with van der Waals surface area (Å²) in [7, 11) is 0. The van der Waals surface area contributed by atoms with Crippen LogP contribution in [0.25, 0.3) is 33.8 Å². The number of fused-ring (bicyclic) bond motifs is 1. The van der Waals surface area contributed by atoms with E-state index >= 15 is 0 Å². The third-order valence-corrected chi connectivity index (χ3v) is 6.36. The second kappa shape index (κ2) is 9.79. The Balaban J connectivity index is 1.46. The van der Waals surface area contributed by atoms with E-state index < -0.39 is 51.7 Å². The molecule has 43 heavy (non-hydrogen) atoms. The summed E-state index contributed by atoms with van der Waals surface area (Å²) in [5.41, 5.74) is -0.473. The number of aryl methyl sites for hydroxylation is 1. The second-order valence-electron chi connectivity index (χ2n) is 9.08. The molecule has 6 aromatic rings. The summed E-state index contributed by atoms with van der Waals surface area (Å²) in [4.78, 5) is 49.3. The summed E-state index contributed by atoms with van der Waals surface area (Å²) in [6.45, 7) is 1.69. The number of imidazole rings is 1. The summed E-state index contributed by atoms with van der Waals surface area (Å²) >= 11 is 0. The van der Waals surface area contributed by atoms with E-state index in [1.54, 1.807) is 23.8 Å². The van der Waals surface area contributed by atoms with E-state index in [-0.39, 0.29) is 22.0 Å². The predicted molar refractivity (Wildman–Crippen MR) is 143 cm³/mol. The van der Waals surface area contributed by atoms with Gasteiger partial charge in [0.15, 0.2) is 17.0 Å². The minimum Gasteiger partial charge on any atom is -0.366 e. The van der Waals surface area contributed by atoms with Crippen molar-refractivity contribution in [3.63, 3.8) is 0 Å². The number of H-pyrrole nitrogens is 2. The molecular weight excluding hydrogens is 578 g/mol. The van der Waals surface area contributed by atoms with Gasteiger partial charge in [0.25, 0.3) is 5.56 Å². The molecule has 0 aliphatic rings. The van der Waals surface area contributed by atoms with E-state index in [2.05, 4.69) is 30.6 Å². The Morgan fingerprint density at radius 1 is 1.09 bits per heavy atom. The SMILES string of the molecule is Cc1nccn1-c1ccc(NC(=O)n2c(=O)[nH]c3c(C(F)(F)F)nn(-c4cccc(-c5nc(N)n[nH]5)c4)c3c2=O)c(F)c1. The third kappa shape index (κ3) is 4.69. The number of hydrogen-bond acceptors (Lipinski definition) is 8. The van der Waals surface area contributed by atoms with Crippen molar-refractivity contribution in [1.82, 2.24) is 44.1 Å². The van der Waals surface area contributed by atoms with Crippen LogP contribution in [0.3, 0.4) is 0 Å². The zero-order valence-electron chi connectivity index (χ0n) is 21.6. The standard InChI is InChI=1S/C25H17F4N11O3/c1-11-31-7-8-38(11)13-5-6-16(15(26)10-13)32-23(42)39-21(41)18-17(33-24(39)43)19(25(27,28)29)37-40(18)14-4-2-3-12(9-14)20-34-22(30)36-35-20/h2-10H,1H3,(H,32,42)(H,33,43)(H3,30,34,35,36). The monoisotopic (exact) mass is 595 g/mol. The van der Waals surface area contributed by atoms with Gasteiger partial charge in [0.1, 0.15) is 17.2 Å². The molecule has 14 nitrogen and oxygen atoms in total. The first-order valence-corrected chi connectivity index (χ1v) is 12.2. The molecule has 6 rings (SSSR count). The Bertz CT molecular complexity index is 2170. The fraction of sp³-hybridized carbons (Fsp3) is 0.0800. The van der Waals surface area contributed by atoms with Crippen LogP contribution in [0, 0.1) is 12.7 Å². The number of nitrogen functional groups attached to an aromatic ring is 1. The number of halogens is 4. The molecule has 0 saturated heterocycles. The van der Waals surface area contributed by atoms with Gasteiger partial charge >= 0.3 is 17.9 Å². The second-order valence-corrected chi connectivity index (χ2v) is 9.08. The lowest BCUT2D eigenvalue weighted by Crippen LogP contribution is -2.42. The van der Waals surface area contributed by atoms with Crippen molar-refractivity contribution >= 4 is 28.7 Å². The van der Waals surface area contributed by atoms with Gasteiger partial charge in [-0.15, -0.1) is 5.10 Å². The van der Waals surface area contributed by atoms with Crippen molar-refractivity contribution in [2.24, 2.45) is 0 Å². The molecule has 2 aromatic carbocycles. The van der Waals surface area contributed by atoms with E-state index in [4.69, 9.17) is 5.73 Å². The molecule has 0 bridgehead atoms. The molecule has 4 aromatic heterocycles. The lowest BCUT2D eigenvalue weighted by molar-refractivity contribution is -0.140. The van der Waals surface area contributed by atoms with Crippen LogP contribution in [0.4, 0.5) is 34.0 Å². The first-order valence-electron chi connectivity index (χ1n) is 12.2. The number of amides is 1. The van der Waals surface area contributed by atoms with Crippen molar-refractivity contribution in [3.8, 4) is 22.8 Å². The van der Waals surface area contributed by atoms with Gasteiger partial charge in [0, 0.05) is 29.7 Å². The van der Waals surface area contributed by atoms with Gasteiger partial charge in [0.05, 0.1) is 11.4 Å². The first-order chi connectivity index (χ1) is 20.4. The van der Waals surface area contributed by atoms with Crippen LogP contribution in [-0.2, 0) is 6.18 Å². The van der Waals surface area contributed by atoms with Gasteiger partial charge in [-0.05, 0) is 31.2 Å². The van der Waals surface area contributed by atoms with Gasteiger partial charge in [-0.1, -0.05) is 12.1 Å². The number of anilines is 2. The molecule has 0 spiro atoms. The number of nitrogens with two attached hydrogens (primary N) is 1. The zero-order chi connectivity index (χ0) is 30.6. The summed E-state index contributed by atoms with van der Waals surface area (Å²) in [6.07, 6.45) is -2.00. The molecule has 4 heterocycles. The number of nitrogens with one attached hydrogen (secondary N) is 3. The Labute approximate surface area is 235 Å². The highest BCUT2D eigenvalue weighted by Crippen LogP contribution is 2.33. The number of carbonyl (C=O) groups excluding carboxylic acids is 1. The number of aromatic amines is 2. The van der Waals surface area contributed by atoms with E-state index in [1.165, 1.54) is 36.5 Å². The average molecular weight is 595 g/mol. The van der Waals surface area contributed by atoms with E-state index in [0.29, 0.717) is 21.8 Å². The molecule has 0 aliphatic carbocycles. The average Bonchev–Trinajstić information content (AvgIpc) is 3.68. The number of carbonyl (C=O) groups is 1. The van der Waals surface area contributed by atoms with E-state index in [1.807, 2.05) is 4.98 Å². The summed E-state index contributed by atoms with van der Waals surface area (Å²) in [5, 5.41) is 11.9. The van der Waals surface area contributed by atoms with Gasteiger partial charge < -0.3 is 20.6 Å². The third-order valence-electron chi connectivity index (χ3n) is 6.36. The summed E-state index contributed by atoms with van der Waals surface area (Å²) in [6, 6.07) is 7.95. The number of nitrogens with zero attached hydrogens (tertiary/aromatic N) is 7. The fourth-order valence-corrected chi connectivity index (χ4v) is 4.43. The van der Waals surface area contributed by atoms with Crippen molar-refractivity contribution < 1.29 is 22.4 Å². The number of hydrogen-bond donors (Lipinski definition) is 4. The van der Waals surface area contributed by atoms with Crippen LogP contribution >= 0.6 is 0 Å². The van der Waals surface area contributed by atoms with Gasteiger partial charge in [-0.2, -0.15) is 27.8 Å². The Kier molecular flexibility index (Phi) is 6.17. The maximum Gasteiger partial charge on any atom is 0.437 e. The summed E-state index contributed by atoms with van der Waals surface area (Å²) in [5.74, 6) is -0.265. The maximum atomic E-state index is 14.9. The fourth-order valence-electron chi connectivity index (χ4n) is 4.43. The van der Waals surface area contributed by atoms with Crippen LogP contribution in [-0.4, -0.2) is 50.1 Å². The van der Waals surface area contributed by atoms with Crippen LogP contribution in [0.15, 0.2) is 64.4 Å². The van der Waals surface area contributed by atoms with Crippen molar-refractivity contribution in [2.45, 2.75) is 13.1 Å². The quantitative estimate of drug-likeness (QED) is 0.224. The van der Waals surface area contributed by atoms with Crippen molar-refractivity contribution in [1.29, 1.82) is 0 Å². The highest BCUT2D eigenvalue weighted by Gasteiger charge is 2.39. The smallest absolute Gasteiger partial charge is 0.366 e. The molecular formula is C25H17F4N11O3. The van der Waals surface area contributed by atoms with Crippen LogP contribution in [0.5, 0.6) is 0 Å². The number of benzene rings is 2. The minimum atomic E-state index is -5.09. The molecule has 218 valence electrons. The lowest BCUT2D eigenvalue weighted by atomic mass is 10.2. The van der Waals surface area contributed by atoms with E-state index in [9.17, 15) is 31.9 Å². The number of alkyl halides is 3. The first kappa shape index (κ1) is 27.1. The van der Waals surface area contributed by atoms with E-state index in [0.717, 1.165) is 6.07 Å². The van der Waals surface area contributed by atoms with Crippen LogP contribution in [0.2, 0.25) is 0 Å². The van der Waals surface area contributed by atoms with Gasteiger partial charge in [-0.25, -0.2) is 23.6 Å². The Morgan fingerprint density at radius 3 is 2.53 bits per heavy atom. The number of rotatable bonds is 4. The van der Waals surface area contributed by atoms with Gasteiger partial charge in [-0.3, -0.25) is 9.89 Å². The molecule has 1 amide bonds. The van der Waals surface area contributed by atoms with Crippen LogP contribution in [0.1, 0.15) is 11.5 Å². The maximum absolute atomic E-state index is 14.9. The van der Waals surface area contributed by atoms with Crippen molar-refractivity contribution in [3.05, 3.63) is 93.0 Å². The number of aromatic nitrogens is 9. The summed E-state index contributed by atoms with van der Waals surface area (Å²) < 4.78 is 58.9. The Morgan fingerprint density at radius 2 is 1.88 bits per heavy atom. The van der Waals surface area contributed by atoms with Gasteiger partial charge in [0.2, 0.25) is 5.95 Å². The largest absolute Gasteiger partial charge is 0.437 e. The lowest BCUT2D eigenvalue weighted by Gasteiger charge is -2.11. The minimum absolute atomic E-state index is 0.00896.